The molecule has 1 heterocycles. The molecule has 0 aliphatic carbocycles. The molecule has 1 aromatic heterocycles. The highest BCUT2D eigenvalue weighted by molar-refractivity contribution is 8.00. The Morgan fingerprint density at radius 2 is 2.05 bits per heavy atom. The summed E-state index contributed by atoms with van der Waals surface area (Å²) in [5.41, 5.74) is 1.32. The van der Waals surface area contributed by atoms with Crippen LogP contribution in [-0.4, -0.2) is 26.8 Å². The van der Waals surface area contributed by atoms with Crippen LogP contribution < -0.4 is 5.32 Å². The lowest BCUT2D eigenvalue weighted by Crippen LogP contribution is -2.25. The smallest absolute Gasteiger partial charge is 0.0537 e. The third-order valence-electron chi connectivity index (χ3n) is 2.83. The molecule has 0 aromatic carbocycles. The molecule has 1 N–H and O–H groups in total. The second-order valence-corrected chi connectivity index (χ2v) is 7.81. The molecular formula is C15H29N3S. The molecule has 0 aliphatic heterocycles. The van der Waals surface area contributed by atoms with Crippen molar-refractivity contribution in [2.75, 3.05) is 12.3 Å². The summed E-state index contributed by atoms with van der Waals surface area (Å²) >= 11 is 2.01. The van der Waals surface area contributed by atoms with Crippen molar-refractivity contribution < 1.29 is 0 Å². The number of hydrogen-bond donors (Lipinski definition) is 1. The van der Waals surface area contributed by atoms with Gasteiger partial charge in [-0.15, -0.1) is 0 Å². The van der Waals surface area contributed by atoms with Gasteiger partial charge in [0.25, 0.3) is 0 Å². The maximum atomic E-state index is 4.45. The molecule has 0 spiro atoms. The van der Waals surface area contributed by atoms with E-state index in [0.717, 1.165) is 25.3 Å². The maximum absolute atomic E-state index is 4.45. The highest BCUT2D eigenvalue weighted by Crippen LogP contribution is 2.28. The topological polar surface area (TPSA) is 29.9 Å². The molecule has 0 saturated heterocycles. The van der Waals surface area contributed by atoms with Crippen LogP contribution in [-0.2, 0) is 6.54 Å². The van der Waals surface area contributed by atoms with E-state index in [1.807, 2.05) is 18.0 Å². The Morgan fingerprint density at radius 3 is 2.63 bits per heavy atom. The van der Waals surface area contributed by atoms with Crippen LogP contribution in [0.1, 0.15) is 59.1 Å². The first kappa shape index (κ1) is 16.6. The lowest BCUT2D eigenvalue weighted by Gasteiger charge is -2.23. The predicted molar refractivity (Wildman–Crippen MR) is 85.8 cm³/mol. The van der Waals surface area contributed by atoms with Crippen molar-refractivity contribution in [1.29, 1.82) is 0 Å². The molecule has 19 heavy (non-hydrogen) atoms. The molecule has 1 unspecified atom stereocenters. The third kappa shape index (κ3) is 6.48. The van der Waals surface area contributed by atoms with E-state index in [9.17, 15) is 0 Å². The number of aromatic nitrogens is 2. The van der Waals surface area contributed by atoms with Crippen LogP contribution in [0.25, 0.3) is 0 Å². The van der Waals surface area contributed by atoms with Crippen LogP contribution in [0.5, 0.6) is 0 Å². The Kier molecular flexibility index (Phi) is 6.94. The summed E-state index contributed by atoms with van der Waals surface area (Å²) in [5.74, 6) is 1.10. The summed E-state index contributed by atoms with van der Waals surface area (Å²) in [4.78, 5) is 0. The van der Waals surface area contributed by atoms with Crippen LogP contribution in [0.4, 0.5) is 0 Å². The first-order chi connectivity index (χ1) is 8.96. The molecule has 0 aliphatic rings. The standard InChI is InChI=1S/C15H29N3S/c1-6-8-16-14(12-19-15(3,4)5)13-10-17-18(11-13)9-7-2/h10-11,14,16H,6-9,12H2,1-5H3. The summed E-state index contributed by atoms with van der Waals surface area (Å²) in [5, 5.41) is 8.09. The van der Waals surface area contributed by atoms with E-state index in [1.165, 1.54) is 12.0 Å². The zero-order valence-electron chi connectivity index (χ0n) is 13.1. The average Bonchev–Trinajstić information content (AvgIpc) is 2.77. The van der Waals surface area contributed by atoms with Crippen LogP contribution in [0.15, 0.2) is 12.4 Å². The van der Waals surface area contributed by atoms with Gasteiger partial charge in [0, 0.05) is 34.8 Å². The summed E-state index contributed by atoms with van der Waals surface area (Å²) in [7, 11) is 0. The van der Waals surface area contributed by atoms with Crippen molar-refractivity contribution in [3.63, 3.8) is 0 Å². The predicted octanol–water partition coefficient (Wildman–Crippen LogP) is 3.87. The molecule has 4 heteroatoms. The molecule has 1 aromatic rings. The lowest BCUT2D eigenvalue weighted by molar-refractivity contribution is 0.570. The van der Waals surface area contributed by atoms with Gasteiger partial charge in [0.1, 0.15) is 0 Å². The van der Waals surface area contributed by atoms with E-state index in [2.05, 4.69) is 55.9 Å². The zero-order chi connectivity index (χ0) is 14.3. The fraction of sp³-hybridized carbons (Fsp3) is 0.800. The Morgan fingerprint density at radius 1 is 1.32 bits per heavy atom. The van der Waals surface area contributed by atoms with Crippen LogP contribution >= 0.6 is 11.8 Å². The molecule has 0 saturated carbocycles. The van der Waals surface area contributed by atoms with Crippen LogP contribution in [0, 0.1) is 0 Å². The normalized spacial score (nSPS) is 13.7. The van der Waals surface area contributed by atoms with E-state index in [4.69, 9.17) is 0 Å². The number of thioether (sulfide) groups is 1. The lowest BCUT2D eigenvalue weighted by atomic mass is 10.2. The molecule has 0 radical (unpaired) electrons. The van der Waals surface area contributed by atoms with E-state index in [0.29, 0.717) is 10.8 Å². The molecule has 110 valence electrons. The van der Waals surface area contributed by atoms with Gasteiger partial charge in [-0.2, -0.15) is 16.9 Å². The van der Waals surface area contributed by atoms with Gasteiger partial charge >= 0.3 is 0 Å². The number of nitrogens with zero attached hydrogens (tertiary/aromatic N) is 2. The monoisotopic (exact) mass is 283 g/mol. The maximum Gasteiger partial charge on any atom is 0.0537 e. The Bertz CT molecular complexity index is 355. The fourth-order valence-corrected chi connectivity index (χ4v) is 2.81. The SMILES string of the molecule is CCCNC(CSC(C)(C)C)c1cnn(CCC)c1. The highest BCUT2D eigenvalue weighted by atomic mass is 32.2. The summed E-state index contributed by atoms with van der Waals surface area (Å²) in [6, 6.07) is 0.412. The highest BCUT2D eigenvalue weighted by Gasteiger charge is 2.18. The number of rotatable bonds is 8. The minimum absolute atomic E-state index is 0.311. The van der Waals surface area contributed by atoms with Gasteiger partial charge in [0.15, 0.2) is 0 Å². The fourth-order valence-electron chi connectivity index (χ4n) is 1.84. The zero-order valence-corrected chi connectivity index (χ0v) is 13.9. The van der Waals surface area contributed by atoms with Crippen molar-refractivity contribution in [3.8, 4) is 0 Å². The van der Waals surface area contributed by atoms with Gasteiger partial charge in [-0.1, -0.05) is 34.6 Å². The quantitative estimate of drug-likeness (QED) is 0.785. The molecular weight excluding hydrogens is 254 g/mol. The van der Waals surface area contributed by atoms with E-state index in [-0.39, 0.29) is 0 Å². The van der Waals surface area contributed by atoms with E-state index < -0.39 is 0 Å². The molecule has 0 amide bonds. The summed E-state index contributed by atoms with van der Waals surface area (Å²) in [6.45, 7) is 13.3. The Hall–Kier alpha value is -0.480. The first-order valence-corrected chi connectivity index (χ1v) is 8.34. The van der Waals surface area contributed by atoms with Crippen molar-refractivity contribution in [2.45, 2.75) is 64.8 Å². The van der Waals surface area contributed by atoms with Crippen molar-refractivity contribution in [1.82, 2.24) is 15.1 Å². The van der Waals surface area contributed by atoms with Crippen molar-refractivity contribution in [3.05, 3.63) is 18.0 Å². The molecule has 3 nitrogen and oxygen atoms in total. The second kappa shape index (κ2) is 7.95. The van der Waals surface area contributed by atoms with Crippen LogP contribution in [0.3, 0.4) is 0 Å². The largest absolute Gasteiger partial charge is 0.309 e. The average molecular weight is 283 g/mol. The van der Waals surface area contributed by atoms with Gasteiger partial charge < -0.3 is 5.32 Å². The first-order valence-electron chi connectivity index (χ1n) is 7.36. The van der Waals surface area contributed by atoms with Gasteiger partial charge in [0.05, 0.1) is 6.20 Å². The third-order valence-corrected chi connectivity index (χ3v) is 4.20. The van der Waals surface area contributed by atoms with Crippen molar-refractivity contribution in [2.24, 2.45) is 0 Å². The number of hydrogen-bond acceptors (Lipinski definition) is 3. The Balaban J connectivity index is 2.65. The second-order valence-electron chi connectivity index (χ2n) is 5.97. The van der Waals surface area contributed by atoms with Gasteiger partial charge in [-0.25, -0.2) is 0 Å². The number of nitrogens with one attached hydrogen (secondary N) is 1. The van der Waals surface area contributed by atoms with Gasteiger partial charge in [-0.05, 0) is 19.4 Å². The van der Waals surface area contributed by atoms with Gasteiger partial charge in [-0.3, -0.25) is 4.68 Å². The minimum Gasteiger partial charge on any atom is -0.309 e. The summed E-state index contributed by atoms with van der Waals surface area (Å²) < 4.78 is 2.36. The van der Waals surface area contributed by atoms with E-state index >= 15 is 0 Å². The minimum atomic E-state index is 0.311. The summed E-state index contributed by atoms with van der Waals surface area (Å²) in [6.07, 6.45) is 6.51. The van der Waals surface area contributed by atoms with Crippen molar-refractivity contribution >= 4 is 11.8 Å². The Labute approximate surface area is 122 Å². The molecule has 1 rings (SSSR count). The molecule has 0 fully saturated rings. The van der Waals surface area contributed by atoms with Crippen LogP contribution in [0.2, 0.25) is 0 Å². The molecule has 1 atom stereocenters. The van der Waals surface area contributed by atoms with Gasteiger partial charge in [0.2, 0.25) is 0 Å². The number of aryl methyl sites for hydroxylation is 1. The van der Waals surface area contributed by atoms with E-state index in [1.54, 1.807) is 0 Å². The molecule has 0 bridgehead atoms.